The van der Waals surface area contributed by atoms with Gasteiger partial charge >= 0.3 is 19.8 Å². The zero-order chi connectivity index (χ0) is 59.8. The molecule has 0 radical (unpaired) electrons. The number of carbonyl (C=O) groups excluding carboxylic acids is 2. The van der Waals surface area contributed by atoms with Crippen LogP contribution in [0.5, 0.6) is 0 Å². The standard InChI is InChI=1S/C72H124NO8P/c1-6-8-10-12-14-16-18-20-22-24-26-28-30-32-34-35-36-37-39-41-43-45-47-49-51-53-55-57-59-61-63-65-72(75)81-70(69-80-82(76,77)79-67-66-73(3,4)5)68-78-71(74)64-62-60-58-56-54-52-50-48-46-44-42-40-38-33-31-29-27-25-23-21-19-17-15-13-11-9-7-2/h8,10,14,16,19-22,25-28,31-34,36-37,41,43,70H,6-7,9,11-13,15,17-18,23-24,29-30,35,38-40,42,44-69H2,1-5H3/p+1/b10-8-,16-14-,21-19-,22-20-,27-25-,28-26-,33-31-,34-32-,37-36-,43-41-. The number of nitrogens with zero attached hydrogens (tertiary/aromatic N) is 1. The Morgan fingerprint density at radius 3 is 1.04 bits per heavy atom. The molecule has 0 fully saturated rings. The Morgan fingerprint density at radius 2 is 0.695 bits per heavy atom. The van der Waals surface area contributed by atoms with Gasteiger partial charge in [-0.05, 0) is 109 Å². The van der Waals surface area contributed by atoms with E-state index >= 15 is 0 Å². The molecule has 0 heterocycles. The van der Waals surface area contributed by atoms with Crippen molar-refractivity contribution in [3.63, 3.8) is 0 Å². The largest absolute Gasteiger partial charge is 0.472 e. The van der Waals surface area contributed by atoms with Crippen molar-refractivity contribution in [3.05, 3.63) is 122 Å². The van der Waals surface area contributed by atoms with Crippen molar-refractivity contribution in [1.29, 1.82) is 0 Å². The Balaban J connectivity index is 4.14. The molecule has 0 aliphatic carbocycles. The van der Waals surface area contributed by atoms with Gasteiger partial charge in [-0.2, -0.15) is 0 Å². The van der Waals surface area contributed by atoms with Crippen LogP contribution in [0.1, 0.15) is 271 Å². The maximum Gasteiger partial charge on any atom is 0.472 e. The number of rotatable bonds is 60. The third kappa shape index (κ3) is 65.6. The van der Waals surface area contributed by atoms with Gasteiger partial charge in [-0.1, -0.05) is 270 Å². The number of ether oxygens (including phenoxy) is 2. The molecule has 0 rings (SSSR count). The number of unbranched alkanes of at least 4 members (excludes halogenated alkanes) is 26. The lowest BCUT2D eigenvalue weighted by molar-refractivity contribution is -0.870. The molecule has 0 aromatic rings. The van der Waals surface area contributed by atoms with E-state index in [9.17, 15) is 19.0 Å². The fourth-order valence-corrected chi connectivity index (χ4v) is 9.63. The number of hydrogen-bond donors (Lipinski definition) is 1. The zero-order valence-electron chi connectivity index (χ0n) is 53.4. The molecule has 1 N–H and O–H groups in total. The van der Waals surface area contributed by atoms with Crippen LogP contribution in [0.25, 0.3) is 0 Å². The predicted octanol–water partition coefficient (Wildman–Crippen LogP) is 21.5. The van der Waals surface area contributed by atoms with Crippen LogP contribution in [0, 0.1) is 0 Å². The van der Waals surface area contributed by atoms with Gasteiger partial charge in [0.25, 0.3) is 0 Å². The third-order valence-corrected chi connectivity index (χ3v) is 15.0. The molecule has 2 atom stereocenters. The Labute approximate surface area is 505 Å². The van der Waals surface area contributed by atoms with Gasteiger partial charge in [-0.25, -0.2) is 4.57 Å². The number of esters is 2. The quantitative estimate of drug-likeness (QED) is 0.0211. The minimum atomic E-state index is -4.40. The fraction of sp³-hybridized carbons (Fsp3) is 0.694. The molecular formula is C72H125NO8P+. The molecule has 10 heteroatoms. The van der Waals surface area contributed by atoms with E-state index in [1.165, 1.54) is 135 Å². The Bertz CT molecular complexity index is 1800. The lowest BCUT2D eigenvalue weighted by atomic mass is 10.0. The number of carbonyl (C=O) groups is 2. The zero-order valence-corrected chi connectivity index (χ0v) is 54.3. The van der Waals surface area contributed by atoms with Gasteiger partial charge in [0, 0.05) is 12.8 Å². The molecule has 0 saturated carbocycles. The number of hydrogen-bond acceptors (Lipinski definition) is 7. The Morgan fingerprint density at radius 1 is 0.390 bits per heavy atom. The van der Waals surface area contributed by atoms with Crippen molar-refractivity contribution in [3.8, 4) is 0 Å². The maximum absolute atomic E-state index is 12.9. The second-order valence-corrected chi connectivity index (χ2v) is 24.6. The van der Waals surface area contributed by atoms with Gasteiger partial charge in [0.1, 0.15) is 19.8 Å². The Kier molecular flexibility index (Phi) is 59.2. The molecule has 0 aliphatic heterocycles. The van der Waals surface area contributed by atoms with Crippen molar-refractivity contribution in [1.82, 2.24) is 0 Å². The van der Waals surface area contributed by atoms with E-state index in [-0.39, 0.29) is 32.0 Å². The van der Waals surface area contributed by atoms with E-state index in [0.29, 0.717) is 17.4 Å². The summed E-state index contributed by atoms with van der Waals surface area (Å²) in [7, 11) is 1.46. The highest BCUT2D eigenvalue weighted by Gasteiger charge is 2.27. The Hall–Kier alpha value is -3.59. The van der Waals surface area contributed by atoms with Crippen LogP contribution in [0.3, 0.4) is 0 Å². The summed E-state index contributed by atoms with van der Waals surface area (Å²) in [4.78, 5) is 35.8. The van der Waals surface area contributed by atoms with E-state index < -0.39 is 26.5 Å². The summed E-state index contributed by atoms with van der Waals surface area (Å²) in [5, 5.41) is 0. The normalized spacial score (nSPS) is 14.0. The molecule has 0 amide bonds. The van der Waals surface area contributed by atoms with Crippen LogP contribution < -0.4 is 0 Å². The average Bonchev–Trinajstić information content (AvgIpc) is 3.46. The number of allylic oxidation sites excluding steroid dienone is 20. The van der Waals surface area contributed by atoms with Crippen molar-refractivity contribution in [2.45, 2.75) is 277 Å². The summed E-state index contributed by atoms with van der Waals surface area (Å²) >= 11 is 0. The number of likely N-dealkylation sites (N-methyl/N-ethyl adjacent to an activating group) is 1. The molecule has 9 nitrogen and oxygen atoms in total. The minimum absolute atomic E-state index is 0.0245. The van der Waals surface area contributed by atoms with Gasteiger partial charge < -0.3 is 18.9 Å². The van der Waals surface area contributed by atoms with E-state index in [1.54, 1.807) is 0 Å². The van der Waals surface area contributed by atoms with Gasteiger partial charge in [0.15, 0.2) is 6.10 Å². The van der Waals surface area contributed by atoms with Crippen LogP contribution in [0.2, 0.25) is 0 Å². The van der Waals surface area contributed by atoms with Crippen LogP contribution in [-0.4, -0.2) is 74.9 Å². The van der Waals surface area contributed by atoms with Gasteiger partial charge in [-0.15, -0.1) is 0 Å². The van der Waals surface area contributed by atoms with Crippen molar-refractivity contribution >= 4 is 19.8 Å². The first-order valence-electron chi connectivity index (χ1n) is 33.3. The molecular weight excluding hydrogens is 1040 g/mol. The molecule has 0 bridgehead atoms. The minimum Gasteiger partial charge on any atom is -0.462 e. The van der Waals surface area contributed by atoms with E-state index in [0.717, 1.165) is 103 Å². The monoisotopic (exact) mass is 1160 g/mol. The first kappa shape index (κ1) is 78.4. The van der Waals surface area contributed by atoms with E-state index in [2.05, 4.69) is 135 Å². The smallest absolute Gasteiger partial charge is 0.462 e. The van der Waals surface area contributed by atoms with Crippen LogP contribution in [0.4, 0.5) is 0 Å². The lowest BCUT2D eigenvalue weighted by Gasteiger charge is -2.24. The number of phosphoric ester groups is 1. The molecule has 0 aromatic heterocycles. The molecule has 0 spiro atoms. The molecule has 82 heavy (non-hydrogen) atoms. The number of phosphoric acid groups is 1. The summed E-state index contributed by atoms with van der Waals surface area (Å²) in [5.41, 5.74) is 0. The van der Waals surface area contributed by atoms with Crippen LogP contribution >= 0.6 is 7.82 Å². The summed E-state index contributed by atoms with van der Waals surface area (Å²) in [6.07, 6.45) is 88.5. The lowest BCUT2D eigenvalue weighted by Crippen LogP contribution is -2.37. The number of quaternary nitrogens is 1. The summed E-state index contributed by atoms with van der Waals surface area (Å²) in [5.74, 6) is -0.808. The van der Waals surface area contributed by atoms with Crippen molar-refractivity contribution in [2.24, 2.45) is 0 Å². The van der Waals surface area contributed by atoms with Crippen LogP contribution in [0.15, 0.2) is 122 Å². The third-order valence-electron chi connectivity index (χ3n) is 14.0. The highest BCUT2D eigenvalue weighted by atomic mass is 31.2. The van der Waals surface area contributed by atoms with E-state index in [4.69, 9.17) is 18.5 Å². The first-order valence-corrected chi connectivity index (χ1v) is 34.8. The van der Waals surface area contributed by atoms with Gasteiger partial charge in [-0.3, -0.25) is 18.6 Å². The van der Waals surface area contributed by atoms with Crippen LogP contribution in [-0.2, 0) is 32.7 Å². The molecule has 0 aliphatic rings. The summed E-state index contributed by atoms with van der Waals surface area (Å²) < 4.78 is 34.7. The SMILES string of the molecule is CC/C=C\C/C=C\C/C=C\C/C=C\C/C=C\C/C=C\C/C=C\CCCCCCCCCCCC(=O)OC(COC(=O)CCCCCCCCCCCCCC/C=C\C/C=C\C/C=C\CCCCCCC)COP(=O)(O)OCC[N+](C)(C)C. The predicted molar refractivity (Wildman–Crippen MR) is 353 cm³/mol. The van der Waals surface area contributed by atoms with E-state index in [1.807, 2.05) is 21.1 Å². The second-order valence-electron chi connectivity index (χ2n) is 23.1. The molecule has 470 valence electrons. The highest BCUT2D eigenvalue weighted by Crippen LogP contribution is 2.43. The van der Waals surface area contributed by atoms with Crippen molar-refractivity contribution < 1.29 is 42.1 Å². The molecule has 2 unspecified atom stereocenters. The highest BCUT2D eigenvalue weighted by molar-refractivity contribution is 7.47. The van der Waals surface area contributed by atoms with Crippen molar-refractivity contribution in [2.75, 3.05) is 47.5 Å². The topological polar surface area (TPSA) is 108 Å². The maximum atomic E-state index is 12.9. The molecule has 0 saturated heterocycles. The second kappa shape index (κ2) is 62.0. The fourth-order valence-electron chi connectivity index (χ4n) is 8.89. The summed E-state index contributed by atoms with van der Waals surface area (Å²) in [6, 6.07) is 0. The first-order chi connectivity index (χ1) is 40.0. The molecule has 0 aromatic carbocycles. The van der Waals surface area contributed by atoms with Gasteiger partial charge in [0.05, 0.1) is 27.7 Å². The summed E-state index contributed by atoms with van der Waals surface area (Å²) in [6.45, 7) is 4.31. The average molecular weight is 1160 g/mol. The van der Waals surface area contributed by atoms with Gasteiger partial charge in [0.2, 0.25) is 0 Å².